The molecule has 0 radical (unpaired) electrons. The average Bonchev–Trinajstić information content (AvgIpc) is 2.66. The minimum Gasteiger partial charge on any atom is -0.436 e. The SMILES string of the molecule is CCOC(C)OC(=O)C1CCC(C(C)C)C1. The molecule has 0 heterocycles. The zero-order valence-corrected chi connectivity index (χ0v) is 10.9. The summed E-state index contributed by atoms with van der Waals surface area (Å²) in [4.78, 5) is 11.8. The van der Waals surface area contributed by atoms with Crippen LogP contribution >= 0.6 is 0 Å². The van der Waals surface area contributed by atoms with Gasteiger partial charge in [0.25, 0.3) is 0 Å². The Morgan fingerprint density at radius 2 is 2.00 bits per heavy atom. The Bertz CT molecular complexity index is 225. The molecule has 0 bridgehead atoms. The number of carbonyl (C=O) groups is 1. The fourth-order valence-electron chi connectivity index (χ4n) is 2.36. The smallest absolute Gasteiger partial charge is 0.311 e. The molecule has 0 aromatic carbocycles. The first kappa shape index (κ1) is 13.5. The Morgan fingerprint density at radius 3 is 2.50 bits per heavy atom. The summed E-state index contributed by atoms with van der Waals surface area (Å²) >= 11 is 0. The maximum atomic E-state index is 11.8. The first-order chi connectivity index (χ1) is 7.54. The Balaban J connectivity index is 2.33. The molecule has 1 aliphatic rings. The second kappa shape index (κ2) is 6.24. The third-order valence-corrected chi connectivity index (χ3v) is 3.43. The van der Waals surface area contributed by atoms with Crippen LogP contribution in [0.4, 0.5) is 0 Å². The molecule has 0 N–H and O–H groups in total. The van der Waals surface area contributed by atoms with Gasteiger partial charge in [0.15, 0.2) is 6.29 Å². The molecular formula is C13H24O3. The largest absolute Gasteiger partial charge is 0.436 e. The zero-order valence-electron chi connectivity index (χ0n) is 10.9. The number of rotatable bonds is 5. The molecule has 3 nitrogen and oxygen atoms in total. The van der Waals surface area contributed by atoms with Crippen molar-refractivity contribution in [2.45, 2.75) is 53.2 Å². The molecule has 0 aromatic rings. The lowest BCUT2D eigenvalue weighted by molar-refractivity contribution is -0.178. The van der Waals surface area contributed by atoms with Crippen molar-refractivity contribution in [1.29, 1.82) is 0 Å². The molecule has 1 rings (SSSR count). The van der Waals surface area contributed by atoms with Crippen molar-refractivity contribution >= 4 is 5.97 Å². The highest BCUT2D eigenvalue weighted by molar-refractivity contribution is 5.72. The van der Waals surface area contributed by atoms with Crippen molar-refractivity contribution in [2.24, 2.45) is 17.8 Å². The second-order valence-corrected chi connectivity index (χ2v) is 4.97. The lowest BCUT2D eigenvalue weighted by atomic mass is 9.93. The number of esters is 1. The Labute approximate surface area is 98.5 Å². The van der Waals surface area contributed by atoms with E-state index in [4.69, 9.17) is 9.47 Å². The second-order valence-electron chi connectivity index (χ2n) is 4.97. The number of ether oxygens (including phenoxy) is 2. The van der Waals surface area contributed by atoms with E-state index in [0.717, 1.165) is 19.3 Å². The van der Waals surface area contributed by atoms with Crippen LogP contribution < -0.4 is 0 Å². The van der Waals surface area contributed by atoms with Gasteiger partial charge in [-0.15, -0.1) is 0 Å². The topological polar surface area (TPSA) is 35.5 Å². The van der Waals surface area contributed by atoms with Crippen molar-refractivity contribution < 1.29 is 14.3 Å². The van der Waals surface area contributed by atoms with E-state index in [2.05, 4.69) is 13.8 Å². The molecule has 1 saturated carbocycles. The van der Waals surface area contributed by atoms with Gasteiger partial charge in [0.05, 0.1) is 5.92 Å². The van der Waals surface area contributed by atoms with Gasteiger partial charge >= 0.3 is 5.97 Å². The lowest BCUT2D eigenvalue weighted by Crippen LogP contribution is -2.23. The van der Waals surface area contributed by atoms with Crippen LogP contribution in [0.15, 0.2) is 0 Å². The molecule has 0 aliphatic heterocycles. The van der Waals surface area contributed by atoms with Crippen LogP contribution in [0.5, 0.6) is 0 Å². The van der Waals surface area contributed by atoms with Gasteiger partial charge < -0.3 is 9.47 Å². The molecule has 1 aliphatic carbocycles. The van der Waals surface area contributed by atoms with E-state index < -0.39 is 6.29 Å². The van der Waals surface area contributed by atoms with E-state index in [0.29, 0.717) is 18.4 Å². The van der Waals surface area contributed by atoms with Gasteiger partial charge in [0, 0.05) is 6.61 Å². The van der Waals surface area contributed by atoms with Crippen LogP contribution in [0.1, 0.15) is 47.0 Å². The third-order valence-electron chi connectivity index (χ3n) is 3.43. The van der Waals surface area contributed by atoms with Gasteiger partial charge in [-0.25, -0.2) is 0 Å². The summed E-state index contributed by atoms with van der Waals surface area (Å²) in [5.74, 6) is 1.36. The molecule has 0 amide bonds. The van der Waals surface area contributed by atoms with Crippen LogP contribution in [0, 0.1) is 17.8 Å². The minimum absolute atomic E-state index is 0.0795. The van der Waals surface area contributed by atoms with Crippen LogP contribution in [0.25, 0.3) is 0 Å². The maximum absolute atomic E-state index is 11.8. The monoisotopic (exact) mass is 228 g/mol. The zero-order chi connectivity index (χ0) is 12.1. The lowest BCUT2D eigenvalue weighted by Gasteiger charge is -2.17. The van der Waals surface area contributed by atoms with E-state index >= 15 is 0 Å². The molecular weight excluding hydrogens is 204 g/mol. The molecule has 0 saturated heterocycles. The fourth-order valence-corrected chi connectivity index (χ4v) is 2.36. The van der Waals surface area contributed by atoms with Gasteiger partial charge in [0.2, 0.25) is 0 Å². The summed E-state index contributed by atoms with van der Waals surface area (Å²) in [5.41, 5.74) is 0. The molecule has 3 atom stereocenters. The van der Waals surface area contributed by atoms with E-state index in [1.54, 1.807) is 6.92 Å². The molecule has 0 aromatic heterocycles. The van der Waals surface area contributed by atoms with Crippen molar-refractivity contribution in [2.75, 3.05) is 6.61 Å². The summed E-state index contributed by atoms with van der Waals surface area (Å²) in [6.07, 6.45) is 2.70. The molecule has 16 heavy (non-hydrogen) atoms. The van der Waals surface area contributed by atoms with E-state index in [-0.39, 0.29) is 11.9 Å². The highest BCUT2D eigenvalue weighted by Gasteiger charge is 2.33. The van der Waals surface area contributed by atoms with Crippen LogP contribution in [0.3, 0.4) is 0 Å². The first-order valence-corrected chi connectivity index (χ1v) is 6.36. The summed E-state index contributed by atoms with van der Waals surface area (Å²) in [5, 5.41) is 0. The summed E-state index contributed by atoms with van der Waals surface area (Å²) in [6.45, 7) is 8.70. The van der Waals surface area contributed by atoms with Crippen LogP contribution in [0.2, 0.25) is 0 Å². The van der Waals surface area contributed by atoms with E-state index in [1.165, 1.54) is 0 Å². The molecule has 3 heteroatoms. The fraction of sp³-hybridized carbons (Fsp3) is 0.923. The summed E-state index contributed by atoms with van der Waals surface area (Å²) in [6, 6.07) is 0. The van der Waals surface area contributed by atoms with Crippen LogP contribution in [-0.2, 0) is 14.3 Å². The Kier molecular flexibility index (Phi) is 5.26. The Morgan fingerprint density at radius 1 is 1.31 bits per heavy atom. The highest BCUT2D eigenvalue weighted by Crippen LogP contribution is 2.36. The van der Waals surface area contributed by atoms with Crippen molar-refractivity contribution in [3.05, 3.63) is 0 Å². The third kappa shape index (κ3) is 3.78. The van der Waals surface area contributed by atoms with Crippen molar-refractivity contribution in [3.63, 3.8) is 0 Å². The Hall–Kier alpha value is -0.570. The van der Waals surface area contributed by atoms with E-state index in [9.17, 15) is 4.79 Å². The number of hydrogen-bond acceptors (Lipinski definition) is 3. The van der Waals surface area contributed by atoms with Crippen molar-refractivity contribution in [1.82, 2.24) is 0 Å². The maximum Gasteiger partial charge on any atom is 0.311 e. The molecule has 1 fully saturated rings. The van der Waals surface area contributed by atoms with Gasteiger partial charge in [-0.2, -0.15) is 0 Å². The van der Waals surface area contributed by atoms with Gasteiger partial charge in [-0.3, -0.25) is 4.79 Å². The summed E-state index contributed by atoms with van der Waals surface area (Å²) in [7, 11) is 0. The van der Waals surface area contributed by atoms with Crippen molar-refractivity contribution in [3.8, 4) is 0 Å². The predicted molar refractivity (Wildman–Crippen MR) is 62.8 cm³/mol. The van der Waals surface area contributed by atoms with E-state index in [1.807, 2.05) is 6.92 Å². The average molecular weight is 228 g/mol. The van der Waals surface area contributed by atoms with Gasteiger partial charge in [-0.05, 0) is 44.9 Å². The quantitative estimate of drug-likeness (QED) is 0.536. The highest BCUT2D eigenvalue weighted by atomic mass is 16.7. The summed E-state index contributed by atoms with van der Waals surface area (Å²) < 4.78 is 10.4. The standard InChI is InChI=1S/C13H24O3/c1-5-15-10(4)16-13(14)12-7-6-11(8-12)9(2)3/h9-12H,5-8H2,1-4H3. The normalized spacial score (nSPS) is 27.1. The minimum atomic E-state index is -0.407. The van der Waals surface area contributed by atoms with Gasteiger partial charge in [-0.1, -0.05) is 13.8 Å². The molecule has 94 valence electrons. The number of carbonyl (C=O) groups excluding carboxylic acids is 1. The van der Waals surface area contributed by atoms with Gasteiger partial charge in [0.1, 0.15) is 0 Å². The molecule has 3 unspecified atom stereocenters. The van der Waals surface area contributed by atoms with Crippen LogP contribution in [-0.4, -0.2) is 18.9 Å². The number of hydrogen-bond donors (Lipinski definition) is 0. The molecule has 0 spiro atoms. The predicted octanol–water partition coefficient (Wildman–Crippen LogP) is 2.98. The first-order valence-electron chi connectivity index (χ1n) is 6.36.